The van der Waals surface area contributed by atoms with Crippen molar-refractivity contribution in [2.75, 3.05) is 11.1 Å². The molecule has 0 spiro atoms. The maximum Gasteiger partial charge on any atom is 0.128 e. The van der Waals surface area contributed by atoms with Gasteiger partial charge < -0.3 is 15.5 Å². The molecule has 90 valence electrons. The van der Waals surface area contributed by atoms with Crippen LogP contribution in [-0.2, 0) is 0 Å². The highest BCUT2D eigenvalue weighted by Gasteiger charge is 2.12. The van der Waals surface area contributed by atoms with Gasteiger partial charge >= 0.3 is 0 Å². The zero-order valence-corrected chi connectivity index (χ0v) is 10.3. The minimum atomic E-state index is 0.141. The van der Waals surface area contributed by atoms with E-state index in [0.29, 0.717) is 5.69 Å². The number of nitrogen functional groups attached to an aromatic ring is 1. The van der Waals surface area contributed by atoms with E-state index in [4.69, 9.17) is 10.2 Å². The van der Waals surface area contributed by atoms with Crippen molar-refractivity contribution in [2.45, 2.75) is 26.8 Å². The van der Waals surface area contributed by atoms with Gasteiger partial charge in [0.15, 0.2) is 0 Å². The number of nitrogens with zero attached hydrogens (tertiary/aromatic N) is 1. The van der Waals surface area contributed by atoms with Crippen molar-refractivity contribution in [1.29, 1.82) is 0 Å². The summed E-state index contributed by atoms with van der Waals surface area (Å²) < 4.78 is 5.51. The van der Waals surface area contributed by atoms with E-state index in [1.165, 1.54) is 0 Å². The zero-order valence-electron chi connectivity index (χ0n) is 10.3. The van der Waals surface area contributed by atoms with Gasteiger partial charge in [-0.25, -0.2) is 4.98 Å². The normalized spacial score (nSPS) is 12.4. The lowest BCUT2D eigenvalue weighted by Gasteiger charge is -2.13. The summed E-state index contributed by atoms with van der Waals surface area (Å²) in [5.41, 5.74) is 7.56. The zero-order chi connectivity index (χ0) is 12.4. The van der Waals surface area contributed by atoms with Gasteiger partial charge in [0.25, 0.3) is 0 Å². The number of hydrogen-bond donors (Lipinski definition) is 2. The fourth-order valence-corrected chi connectivity index (χ4v) is 1.91. The van der Waals surface area contributed by atoms with E-state index in [1.54, 1.807) is 12.3 Å². The number of pyridine rings is 1. The molecule has 0 aliphatic carbocycles. The lowest BCUT2D eigenvalue weighted by Crippen LogP contribution is -2.08. The van der Waals surface area contributed by atoms with Crippen LogP contribution in [0.1, 0.15) is 30.0 Å². The van der Waals surface area contributed by atoms with Crippen LogP contribution >= 0.6 is 0 Å². The molecular formula is C13H17N3O. The standard InChI is InChI=1S/C13H17N3O/c1-8-6-12(10(3)17-8)9(2)16-13-7-11(14)4-5-15-13/h4-7,9H,1-3H3,(H3,14,15,16). The highest BCUT2D eigenvalue weighted by atomic mass is 16.3. The molecule has 1 atom stereocenters. The molecule has 4 nitrogen and oxygen atoms in total. The number of hydrogen-bond acceptors (Lipinski definition) is 4. The van der Waals surface area contributed by atoms with Crippen LogP contribution in [-0.4, -0.2) is 4.98 Å². The third-order valence-corrected chi connectivity index (χ3v) is 2.69. The van der Waals surface area contributed by atoms with Crippen molar-refractivity contribution in [3.63, 3.8) is 0 Å². The predicted molar refractivity (Wildman–Crippen MR) is 68.9 cm³/mol. The van der Waals surface area contributed by atoms with Gasteiger partial charge in [-0.15, -0.1) is 0 Å². The van der Waals surface area contributed by atoms with Gasteiger partial charge in [-0.3, -0.25) is 0 Å². The lowest BCUT2D eigenvalue weighted by molar-refractivity contribution is 0.500. The molecule has 0 aliphatic heterocycles. The molecule has 2 aromatic rings. The Balaban J connectivity index is 2.16. The maximum atomic E-state index is 5.71. The van der Waals surface area contributed by atoms with E-state index in [9.17, 15) is 0 Å². The van der Waals surface area contributed by atoms with Crippen molar-refractivity contribution in [1.82, 2.24) is 4.98 Å². The van der Waals surface area contributed by atoms with Gasteiger partial charge in [0.2, 0.25) is 0 Å². The molecule has 0 aromatic carbocycles. The Hall–Kier alpha value is -1.97. The first-order chi connectivity index (χ1) is 8.06. The van der Waals surface area contributed by atoms with Gasteiger partial charge in [0, 0.05) is 23.5 Å². The summed E-state index contributed by atoms with van der Waals surface area (Å²) in [4.78, 5) is 4.22. The summed E-state index contributed by atoms with van der Waals surface area (Å²) in [6, 6.07) is 5.77. The average molecular weight is 231 g/mol. The molecule has 0 saturated heterocycles. The fourth-order valence-electron chi connectivity index (χ4n) is 1.91. The molecule has 0 aliphatic rings. The van der Waals surface area contributed by atoms with Crippen molar-refractivity contribution < 1.29 is 4.42 Å². The van der Waals surface area contributed by atoms with Crippen LogP contribution in [0.4, 0.5) is 11.5 Å². The van der Waals surface area contributed by atoms with Crippen LogP contribution in [0.2, 0.25) is 0 Å². The van der Waals surface area contributed by atoms with Crippen LogP contribution < -0.4 is 11.1 Å². The SMILES string of the molecule is Cc1cc(C(C)Nc2cc(N)ccn2)c(C)o1. The van der Waals surface area contributed by atoms with Crippen LogP contribution in [0.3, 0.4) is 0 Å². The summed E-state index contributed by atoms with van der Waals surface area (Å²) in [5, 5.41) is 3.30. The summed E-state index contributed by atoms with van der Waals surface area (Å²) >= 11 is 0. The second-order valence-electron chi connectivity index (χ2n) is 4.21. The average Bonchev–Trinajstić information content (AvgIpc) is 2.58. The number of aryl methyl sites for hydroxylation is 2. The van der Waals surface area contributed by atoms with E-state index in [-0.39, 0.29) is 6.04 Å². The molecule has 0 fully saturated rings. The van der Waals surface area contributed by atoms with Crippen molar-refractivity contribution in [2.24, 2.45) is 0 Å². The van der Waals surface area contributed by atoms with E-state index >= 15 is 0 Å². The highest BCUT2D eigenvalue weighted by molar-refractivity contribution is 5.49. The molecule has 2 rings (SSSR count). The smallest absolute Gasteiger partial charge is 0.128 e. The summed E-state index contributed by atoms with van der Waals surface area (Å²) in [6.07, 6.45) is 1.69. The minimum Gasteiger partial charge on any atom is -0.466 e. The van der Waals surface area contributed by atoms with Crippen LogP contribution in [0.5, 0.6) is 0 Å². The van der Waals surface area contributed by atoms with E-state index in [1.807, 2.05) is 26.0 Å². The van der Waals surface area contributed by atoms with E-state index in [0.717, 1.165) is 22.9 Å². The molecule has 2 heterocycles. The first kappa shape index (κ1) is 11.5. The Morgan fingerprint density at radius 3 is 2.71 bits per heavy atom. The number of nitrogens with two attached hydrogens (primary N) is 1. The second kappa shape index (κ2) is 4.49. The molecule has 1 unspecified atom stereocenters. The second-order valence-corrected chi connectivity index (χ2v) is 4.21. The quantitative estimate of drug-likeness (QED) is 0.852. The minimum absolute atomic E-state index is 0.141. The molecule has 0 amide bonds. The van der Waals surface area contributed by atoms with Crippen molar-refractivity contribution in [3.05, 3.63) is 41.5 Å². The number of anilines is 2. The molecular weight excluding hydrogens is 214 g/mol. The van der Waals surface area contributed by atoms with Crippen LogP contribution in [0, 0.1) is 13.8 Å². The fraction of sp³-hybridized carbons (Fsp3) is 0.308. The summed E-state index contributed by atoms with van der Waals surface area (Å²) in [5.74, 6) is 2.63. The summed E-state index contributed by atoms with van der Waals surface area (Å²) in [6.45, 7) is 5.98. The lowest BCUT2D eigenvalue weighted by atomic mass is 10.1. The molecule has 0 bridgehead atoms. The molecule has 0 radical (unpaired) electrons. The highest BCUT2D eigenvalue weighted by Crippen LogP contribution is 2.24. The monoisotopic (exact) mass is 231 g/mol. The molecule has 2 aromatic heterocycles. The van der Waals surface area contributed by atoms with Crippen LogP contribution in [0.15, 0.2) is 28.8 Å². The Morgan fingerprint density at radius 1 is 1.35 bits per heavy atom. The van der Waals surface area contributed by atoms with Crippen molar-refractivity contribution in [3.8, 4) is 0 Å². The van der Waals surface area contributed by atoms with Gasteiger partial charge in [-0.05, 0) is 32.9 Å². The predicted octanol–water partition coefficient (Wildman–Crippen LogP) is 3.05. The third-order valence-electron chi connectivity index (χ3n) is 2.69. The number of rotatable bonds is 3. The Morgan fingerprint density at radius 2 is 2.12 bits per heavy atom. The third kappa shape index (κ3) is 2.58. The maximum absolute atomic E-state index is 5.71. The summed E-state index contributed by atoms with van der Waals surface area (Å²) in [7, 11) is 0. The van der Waals surface area contributed by atoms with E-state index < -0.39 is 0 Å². The first-order valence-corrected chi connectivity index (χ1v) is 5.61. The molecule has 4 heteroatoms. The van der Waals surface area contributed by atoms with Gasteiger partial charge in [-0.1, -0.05) is 0 Å². The number of aromatic nitrogens is 1. The number of furan rings is 1. The van der Waals surface area contributed by atoms with Gasteiger partial charge in [-0.2, -0.15) is 0 Å². The molecule has 0 saturated carbocycles. The number of nitrogens with one attached hydrogen (secondary N) is 1. The molecule has 17 heavy (non-hydrogen) atoms. The molecule has 3 N–H and O–H groups in total. The van der Waals surface area contributed by atoms with Crippen molar-refractivity contribution >= 4 is 11.5 Å². The Labute approximate surface area is 101 Å². The Bertz CT molecular complexity index is 519. The van der Waals surface area contributed by atoms with Crippen LogP contribution in [0.25, 0.3) is 0 Å². The Kier molecular flexibility index (Phi) is 3.04. The van der Waals surface area contributed by atoms with Gasteiger partial charge in [0.05, 0.1) is 6.04 Å². The topological polar surface area (TPSA) is 64.1 Å². The largest absolute Gasteiger partial charge is 0.466 e. The van der Waals surface area contributed by atoms with E-state index in [2.05, 4.69) is 17.2 Å². The van der Waals surface area contributed by atoms with Gasteiger partial charge in [0.1, 0.15) is 17.3 Å². The first-order valence-electron chi connectivity index (χ1n) is 5.61.